The van der Waals surface area contributed by atoms with Crippen LogP contribution in [0.5, 0.6) is 0 Å². The van der Waals surface area contributed by atoms with Crippen LogP contribution in [0, 0.1) is 11.3 Å². The summed E-state index contributed by atoms with van der Waals surface area (Å²) >= 11 is 0. The zero-order chi connectivity index (χ0) is 9.92. The molecule has 3 heteroatoms. The van der Waals surface area contributed by atoms with E-state index in [0.717, 1.165) is 19.5 Å². The van der Waals surface area contributed by atoms with E-state index in [1.165, 1.54) is 6.42 Å². The van der Waals surface area contributed by atoms with Gasteiger partial charge in [-0.05, 0) is 18.3 Å². The van der Waals surface area contributed by atoms with Crippen LogP contribution in [0.25, 0.3) is 0 Å². The van der Waals surface area contributed by atoms with E-state index in [1.54, 1.807) is 0 Å². The summed E-state index contributed by atoms with van der Waals surface area (Å²) in [6.07, 6.45) is 2.27. The number of fused-ring (bicyclic) bond motifs is 2. The fraction of sp³-hybridized carbons (Fsp3) is 0.909. The van der Waals surface area contributed by atoms with Gasteiger partial charge in [-0.25, -0.2) is 0 Å². The van der Waals surface area contributed by atoms with E-state index in [2.05, 4.69) is 24.1 Å². The van der Waals surface area contributed by atoms with E-state index in [9.17, 15) is 4.79 Å². The van der Waals surface area contributed by atoms with Crippen molar-refractivity contribution in [1.29, 1.82) is 0 Å². The summed E-state index contributed by atoms with van der Waals surface area (Å²) in [5, 5.41) is 3.43. The molecule has 3 aliphatic rings. The van der Waals surface area contributed by atoms with Crippen molar-refractivity contribution in [2.75, 3.05) is 13.1 Å². The first kappa shape index (κ1) is 8.72. The third-order valence-electron chi connectivity index (χ3n) is 4.15. The smallest absolute Gasteiger partial charge is 0.226 e. The van der Waals surface area contributed by atoms with Gasteiger partial charge in [0.15, 0.2) is 0 Å². The van der Waals surface area contributed by atoms with Gasteiger partial charge in [0.05, 0.1) is 0 Å². The van der Waals surface area contributed by atoms with Gasteiger partial charge < -0.3 is 10.2 Å². The summed E-state index contributed by atoms with van der Waals surface area (Å²) in [4.78, 5) is 14.2. The second-order valence-electron chi connectivity index (χ2n) is 5.73. The molecule has 2 heterocycles. The summed E-state index contributed by atoms with van der Waals surface area (Å²) < 4.78 is 0. The molecule has 0 aromatic rings. The lowest BCUT2D eigenvalue weighted by atomic mass is 10.1. The standard InChI is InChI=1S/C11H18N2O/c1-11(2)4-9(11)10(14)13-6-7-3-8(13)5-12-7/h7-9,12H,3-6H2,1-2H3. The lowest BCUT2D eigenvalue weighted by Gasteiger charge is -2.28. The van der Waals surface area contributed by atoms with Crippen LogP contribution < -0.4 is 5.32 Å². The van der Waals surface area contributed by atoms with Gasteiger partial charge in [0.1, 0.15) is 0 Å². The number of piperazine rings is 1. The Kier molecular flexibility index (Phi) is 1.56. The summed E-state index contributed by atoms with van der Waals surface area (Å²) in [7, 11) is 0. The molecule has 78 valence electrons. The molecule has 1 aliphatic carbocycles. The summed E-state index contributed by atoms with van der Waals surface area (Å²) in [6, 6.07) is 1.09. The third-order valence-corrected chi connectivity index (χ3v) is 4.15. The topological polar surface area (TPSA) is 32.3 Å². The van der Waals surface area contributed by atoms with Crippen LogP contribution in [0.2, 0.25) is 0 Å². The van der Waals surface area contributed by atoms with E-state index in [0.29, 0.717) is 23.9 Å². The second-order valence-corrected chi connectivity index (χ2v) is 5.73. The Balaban J connectivity index is 1.70. The highest BCUT2D eigenvalue weighted by Crippen LogP contribution is 2.53. The third kappa shape index (κ3) is 1.11. The van der Waals surface area contributed by atoms with Crippen molar-refractivity contribution in [3.05, 3.63) is 0 Å². The molecule has 2 saturated heterocycles. The Morgan fingerprint density at radius 1 is 1.50 bits per heavy atom. The Morgan fingerprint density at radius 3 is 2.64 bits per heavy atom. The molecular weight excluding hydrogens is 176 g/mol. The van der Waals surface area contributed by atoms with Crippen molar-refractivity contribution >= 4 is 5.91 Å². The highest BCUT2D eigenvalue weighted by molar-refractivity contribution is 5.83. The van der Waals surface area contributed by atoms with Crippen LogP contribution in [-0.4, -0.2) is 36.0 Å². The van der Waals surface area contributed by atoms with Crippen molar-refractivity contribution in [2.45, 2.75) is 38.8 Å². The van der Waals surface area contributed by atoms with Crippen LogP contribution in [0.1, 0.15) is 26.7 Å². The maximum absolute atomic E-state index is 12.1. The van der Waals surface area contributed by atoms with Crippen molar-refractivity contribution < 1.29 is 4.79 Å². The largest absolute Gasteiger partial charge is 0.337 e. The minimum atomic E-state index is 0.284. The highest BCUT2D eigenvalue weighted by atomic mass is 16.2. The second kappa shape index (κ2) is 2.51. The predicted octanol–water partition coefficient (Wildman–Crippen LogP) is 0.605. The first-order valence-corrected chi connectivity index (χ1v) is 5.62. The number of amides is 1. The number of nitrogens with zero attached hydrogens (tertiary/aromatic N) is 1. The fourth-order valence-electron chi connectivity index (χ4n) is 2.92. The first-order valence-electron chi connectivity index (χ1n) is 5.62. The van der Waals surface area contributed by atoms with Crippen molar-refractivity contribution in [1.82, 2.24) is 10.2 Å². The molecule has 3 unspecified atom stereocenters. The van der Waals surface area contributed by atoms with E-state index in [4.69, 9.17) is 0 Å². The zero-order valence-electron chi connectivity index (χ0n) is 8.92. The molecule has 3 rings (SSSR count). The summed E-state index contributed by atoms with van der Waals surface area (Å²) in [6.45, 7) is 6.37. The number of carbonyl (C=O) groups excluding carboxylic acids is 1. The maximum Gasteiger partial charge on any atom is 0.226 e. The van der Waals surface area contributed by atoms with E-state index in [1.807, 2.05) is 0 Å². The normalized spacial score (nSPS) is 43.0. The van der Waals surface area contributed by atoms with Crippen molar-refractivity contribution in [2.24, 2.45) is 11.3 Å². The molecule has 0 aromatic heterocycles. The molecule has 0 aromatic carbocycles. The SMILES string of the molecule is CC1(C)CC1C(=O)N1CC2CC1CN2. The molecule has 0 radical (unpaired) electrons. The number of likely N-dealkylation sites (tertiary alicyclic amines) is 1. The number of hydrogen-bond donors (Lipinski definition) is 1. The molecule has 1 N–H and O–H groups in total. The van der Waals surface area contributed by atoms with Gasteiger partial charge in [-0.15, -0.1) is 0 Å². The predicted molar refractivity (Wildman–Crippen MR) is 53.8 cm³/mol. The molecule has 14 heavy (non-hydrogen) atoms. The molecular formula is C11H18N2O. The molecule has 1 saturated carbocycles. The lowest BCUT2D eigenvalue weighted by Crippen LogP contribution is -2.47. The van der Waals surface area contributed by atoms with Gasteiger partial charge in [-0.3, -0.25) is 4.79 Å². The van der Waals surface area contributed by atoms with Crippen molar-refractivity contribution in [3.63, 3.8) is 0 Å². The Morgan fingerprint density at radius 2 is 2.21 bits per heavy atom. The van der Waals surface area contributed by atoms with Gasteiger partial charge in [0, 0.05) is 31.1 Å². The quantitative estimate of drug-likeness (QED) is 0.663. The number of carbonyl (C=O) groups is 1. The average molecular weight is 194 g/mol. The fourth-order valence-corrected chi connectivity index (χ4v) is 2.92. The van der Waals surface area contributed by atoms with E-state index < -0.39 is 0 Å². The number of nitrogens with one attached hydrogen (secondary N) is 1. The molecule has 2 aliphatic heterocycles. The summed E-state index contributed by atoms with van der Waals surface area (Å²) in [5.41, 5.74) is 0.284. The molecule has 1 amide bonds. The highest BCUT2D eigenvalue weighted by Gasteiger charge is 2.54. The number of rotatable bonds is 1. The minimum Gasteiger partial charge on any atom is -0.337 e. The van der Waals surface area contributed by atoms with Gasteiger partial charge in [0.25, 0.3) is 0 Å². The monoisotopic (exact) mass is 194 g/mol. The Labute approximate surface area is 84.8 Å². The van der Waals surface area contributed by atoms with Gasteiger partial charge >= 0.3 is 0 Å². The van der Waals surface area contributed by atoms with Gasteiger partial charge in [-0.2, -0.15) is 0 Å². The van der Waals surface area contributed by atoms with Gasteiger partial charge in [-0.1, -0.05) is 13.8 Å². The van der Waals surface area contributed by atoms with Crippen LogP contribution in [0.4, 0.5) is 0 Å². The minimum absolute atomic E-state index is 0.284. The van der Waals surface area contributed by atoms with Crippen LogP contribution in [0.3, 0.4) is 0 Å². The molecule has 2 bridgehead atoms. The molecule has 3 atom stereocenters. The maximum atomic E-state index is 12.1. The lowest BCUT2D eigenvalue weighted by molar-refractivity contribution is -0.134. The summed E-state index contributed by atoms with van der Waals surface area (Å²) in [5.74, 6) is 0.742. The zero-order valence-corrected chi connectivity index (χ0v) is 8.92. The van der Waals surface area contributed by atoms with Gasteiger partial charge in [0.2, 0.25) is 5.91 Å². The van der Waals surface area contributed by atoms with Crippen LogP contribution in [0.15, 0.2) is 0 Å². The Hall–Kier alpha value is -0.570. The molecule has 0 spiro atoms. The Bertz CT molecular complexity index is 287. The van der Waals surface area contributed by atoms with E-state index >= 15 is 0 Å². The van der Waals surface area contributed by atoms with E-state index in [-0.39, 0.29) is 5.41 Å². The van der Waals surface area contributed by atoms with Crippen LogP contribution >= 0.6 is 0 Å². The molecule has 3 fully saturated rings. The average Bonchev–Trinajstić information content (AvgIpc) is 2.59. The first-order chi connectivity index (χ1) is 6.58. The van der Waals surface area contributed by atoms with Crippen molar-refractivity contribution in [3.8, 4) is 0 Å². The van der Waals surface area contributed by atoms with Crippen LogP contribution in [-0.2, 0) is 4.79 Å². The molecule has 3 nitrogen and oxygen atoms in total. The number of hydrogen-bond acceptors (Lipinski definition) is 2.